The third-order valence-electron chi connectivity index (χ3n) is 9.77. The predicted molar refractivity (Wildman–Crippen MR) is 207 cm³/mol. The fraction of sp³-hybridized carbons (Fsp3) is 0.0476. The lowest BCUT2D eigenvalue weighted by atomic mass is 9.77. The lowest BCUT2D eigenvalue weighted by molar-refractivity contribution is -0.385. The average molecular weight is 687 g/mol. The second-order valence-electron chi connectivity index (χ2n) is 12.5. The van der Waals surface area contributed by atoms with Crippen molar-refractivity contribution in [1.82, 2.24) is 0 Å². The summed E-state index contributed by atoms with van der Waals surface area (Å²) in [6, 6.07) is 36.1. The quantitative estimate of drug-likeness (QED) is 0.0692. The summed E-state index contributed by atoms with van der Waals surface area (Å²) in [6.45, 7) is 0. The molecule has 0 saturated carbocycles. The molecule has 8 aromatic carbocycles. The Morgan fingerprint density at radius 3 is 1.33 bits per heavy atom. The van der Waals surface area contributed by atoms with Crippen molar-refractivity contribution in [2.45, 2.75) is 0 Å². The summed E-state index contributed by atoms with van der Waals surface area (Å²) >= 11 is 0. The minimum absolute atomic E-state index is 0.0563. The number of ether oxygens (including phenoxy) is 2. The Bertz CT molecular complexity index is 2690. The molecule has 0 aliphatic carbocycles. The van der Waals surface area contributed by atoms with E-state index in [1.807, 2.05) is 72.8 Å². The number of benzene rings is 8. The van der Waals surface area contributed by atoms with Gasteiger partial charge in [-0.2, -0.15) is 0 Å². The van der Waals surface area contributed by atoms with E-state index < -0.39 is 9.85 Å². The van der Waals surface area contributed by atoms with Crippen molar-refractivity contribution in [3.8, 4) is 56.0 Å². The molecule has 52 heavy (non-hydrogen) atoms. The first kappa shape index (κ1) is 32.0. The maximum absolute atomic E-state index is 11.8. The maximum Gasteiger partial charge on any atom is 0.269 e. The number of rotatable bonds is 8. The van der Waals surface area contributed by atoms with Gasteiger partial charge in [0.15, 0.2) is 0 Å². The standard InChI is InChI=1S/C42H30N4O6/c1-51-30-17-7-25(8-18-30)36-38(27-9-19-31(52-2)20-10-27)42(44)32-21-11-26-12-22-33(43)40-34(23-3-13-28(14-4-23)45(47)48)35(41(36)39(32)37(26)40)24-5-15-29(16-6-24)46(49)50/h3-22H,43-44H2,1-2H3. The van der Waals surface area contributed by atoms with E-state index >= 15 is 0 Å². The Morgan fingerprint density at radius 2 is 0.865 bits per heavy atom. The van der Waals surface area contributed by atoms with E-state index in [2.05, 4.69) is 0 Å². The van der Waals surface area contributed by atoms with Crippen LogP contribution in [0, 0.1) is 20.2 Å². The smallest absolute Gasteiger partial charge is 0.269 e. The van der Waals surface area contributed by atoms with Gasteiger partial charge in [-0.05, 0) is 93.2 Å². The lowest BCUT2D eigenvalue weighted by Gasteiger charge is -2.27. The number of hydrogen-bond acceptors (Lipinski definition) is 8. The van der Waals surface area contributed by atoms with E-state index in [4.69, 9.17) is 20.9 Å². The molecule has 8 aromatic rings. The fourth-order valence-corrected chi connectivity index (χ4v) is 7.39. The molecule has 0 radical (unpaired) electrons. The number of nitrogen functional groups attached to an aromatic ring is 2. The number of nitrogens with zero attached hydrogens (tertiary/aromatic N) is 2. The molecule has 0 atom stereocenters. The van der Waals surface area contributed by atoms with Crippen LogP contribution in [-0.2, 0) is 0 Å². The molecule has 10 nitrogen and oxygen atoms in total. The normalized spacial score (nSPS) is 11.3. The van der Waals surface area contributed by atoms with Crippen LogP contribution in [0.15, 0.2) is 121 Å². The van der Waals surface area contributed by atoms with Gasteiger partial charge in [-0.15, -0.1) is 0 Å². The number of anilines is 2. The highest BCUT2D eigenvalue weighted by molar-refractivity contribution is 6.38. The molecule has 0 aliphatic rings. The third-order valence-corrected chi connectivity index (χ3v) is 9.77. The van der Waals surface area contributed by atoms with Gasteiger partial charge in [-0.1, -0.05) is 42.5 Å². The van der Waals surface area contributed by atoms with Crippen molar-refractivity contribution in [1.29, 1.82) is 0 Å². The predicted octanol–water partition coefficient (Wildman–Crippen LogP) is 10.2. The molecule has 0 fully saturated rings. The first-order valence-corrected chi connectivity index (χ1v) is 16.3. The minimum atomic E-state index is -0.437. The molecule has 10 heteroatoms. The Hall–Kier alpha value is -7.20. The Morgan fingerprint density at radius 1 is 0.462 bits per heavy atom. The molecular weight excluding hydrogens is 656 g/mol. The number of nitro groups is 2. The zero-order valence-corrected chi connectivity index (χ0v) is 28.0. The molecular formula is C42H30N4O6. The Kier molecular flexibility index (Phi) is 7.57. The molecule has 0 saturated heterocycles. The van der Waals surface area contributed by atoms with Gasteiger partial charge in [-0.3, -0.25) is 20.2 Å². The van der Waals surface area contributed by atoms with Gasteiger partial charge < -0.3 is 20.9 Å². The van der Waals surface area contributed by atoms with Crippen molar-refractivity contribution in [3.05, 3.63) is 142 Å². The second-order valence-corrected chi connectivity index (χ2v) is 12.5. The summed E-state index contributed by atoms with van der Waals surface area (Å²) in [7, 11) is 3.22. The van der Waals surface area contributed by atoms with Crippen molar-refractivity contribution < 1.29 is 19.3 Å². The van der Waals surface area contributed by atoms with E-state index in [0.29, 0.717) is 34.0 Å². The summed E-state index contributed by atoms with van der Waals surface area (Å²) in [4.78, 5) is 22.7. The van der Waals surface area contributed by atoms with Gasteiger partial charge >= 0.3 is 0 Å². The molecule has 0 aromatic heterocycles. The SMILES string of the molecule is COc1ccc(-c2c(N)c3ccc4ccc(N)c5c(-c6ccc([N+](=O)[O-])cc6)c(-c6ccc([N+](=O)[O-])cc6)c(c2-c2ccc(OC)cc2)c3c45)cc1. The molecule has 0 heterocycles. The van der Waals surface area contributed by atoms with E-state index in [-0.39, 0.29) is 11.4 Å². The third kappa shape index (κ3) is 4.96. The minimum Gasteiger partial charge on any atom is -0.497 e. The Balaban J connectivity index is 1.67. The van der Waals surface area contributed by atoms with E-state index in [1.54, 1.807) is 38.5 Å². The highest BCUT2D eigenvalue weighted by Crippen LogP contribution is 2.56. The average Bonchev–Trinajstić information content (AvgIpc) is 3.17. The number of nitro benzene ring substituents is 2. The van der Waals surface area contributed by atoms with Gasteiger partial charge in [0, 0.05) is 73.9 Å². The molecule has 254 valence electrons. The van der Waals surface area contributed by atoms with Crippen LogP contribution in [0.1, 0.15) is 0 Å². The van der Waals surface area contributed by atoms with E-state index in [9.17, 15) is 20.2 Å². The van der Waals surface area contributed by atoms with Crippen LogP contribution in [-0.4, -0.2) is 24.1 Å². The van der Waals surface area contributed by atoms with Crippen LogP contribution < -0.4 is 20.9 Å². The lowest BCUT2D eigenvalue weighted by Crippen LogP contribution is -2.03. The largest absolute Gasteiger partial charge is 0.497 e. The van der Waals surface area contributed by atoms with Crippen LogP contribution in [0.4, 0.5) is 22.7 Å². The maximum atomic E-state index is 11.8. The Labute approximate surface area is 297 Å². The van der Waals surface area contributed by atoms with Gasteiger partial charge in [0.1, 0.15) is 11.5 Å². The van der Waals surface area contributed by atoms with Crippen molar-refractivity contribution in [3.63, 3.8) is 0 Å². The summed E-state index contributed by atoms with van der Waals surface area (Å²) in [6.07, 6.45) is 0. The highest BCUT2D eigenvalue weighted by Gasteiger charge is 2.29. The van der Waals surface area contributed by atoms with Crippen molar-refractivity contribution in [2.75, 3.05) is 25.7 Å². The molecule has 0 amide bonds. The fourth-order valence-electron chi connectivity index (χ4n) is 7.39. The monoisotopic (exact) mass is 686 g/mol. The summed E-state index contributed by atoms with van der Waals surface area (Å²) in [5.41, 5.74) is 21.3. The van der Waals surface area contributed by atoms with E-state index in [1.165, 1.54) is 24.3 Å². The number of methoxy groups -OCH3 is 2. The molecule has 0 unspecified atom stereocenters. The molecule has 0 spiro atoms. The highest BCUT2D eigenvalue weighted by atomic mass is 16.6. The van der Waals surface area contributed by atoms with Crippen LogP contribution in [0.3, 0.4) is 0 Å². The van der Waals surface area contributed by atoms with Crippen molar-refractivity contribution >= 4 is 55.1 Å². The summed E-state index contributed by atoms with van der Waals surface area (Å²) in [5, 5.41) is 28.6. The van der Waals surface area contributed by atoms with Crippen LogP contribution >= 0.6 is 0 Å². The van der Waals surface area contributed by atoms with Crippen LogP contribution in [0.25, 0.3) is 76.8 Å². The number of non-ortho nitro benzene ring substituents is 2. The van der Waals surface area contributed by atoms with E-state index in [0.717, 1.165) is 65.7 Å². The zero-order valence-electron chi connectivity index (χ0n) is 28.0. The zero-order chi connectivity index (χ0) is 36.3. The molecule has 0 bridgehead atoms. The van der Waals surface area contributed by atoms with Crippen molar-refractivity contribution in [2.24, 2.45) is 0 Å². The molecule has 4 N–H and O–H groups in total. The second kappa shape index (κ2) is 12.3. The topological polar surface area (TPSA) is 157 Å². The molecule has 8 rings (SSSR count). The number of nitrogens with two attached hydrogens (primary N) is 2. The first-order chi connectivity index (χ1) is 25.2. The van der Waals surface area contributed by atoms with Gasteiger partial charge in [0.05, 0.1) is 24.1 Å². The van der Waals surface area contributed by atoms with Gasteiger partial charge in [0.2, 0.25) is 0 Å². The first-order valence-electron chi connectivity index (χ1n) is 16.3. The summed E-state index contributed by atoms with van der Waals surface area (Å²) < 4.78 is 11.0. The summed E-state index contributed by atoms with van der Waals surface area (Å²) in [5.74, 6) is 1.36. The van der Waals surface area contributed by atoms with Gasteiger partial charge in [0.25, 0.3) is 11.4 Å². The van der Waals surface area contributed by atoms with Crippen LogP contribution in [0.5, 0.6) is 11.5 Å². The van der Waals surface area contributed by atoms with Gasteiger partial charge in [-0.25, -0.2) is 0 Å². The van der Waals surface area contributed by atoms with Crippen LogP contribution in [0.2, 0.25) is 0 Å². The number of hydrogen-bond donors (Lipinski definition) is 2. The molecule has 0 aliphatic heterocycles.